The molecule has 3 unspecified atom stereocenters. The molecule has 3 heterocycles. The average molecular weight is 609 g/mol. The number of hydrogen-bond acceptors (Lipinski definition) is 9. The maximum absolute atomic E-state index is 12.9. The molecule has 5 aromatic rings. The summed E-state index contributed by atoms with van der Waals surface area (Å²) < 4.78 is 12.8. The number of pyridine rings is 1. The normalized spacial score (nSPS) is 18.2. The number of fused-ring (bicyclic) bond motifs is 1. The van der Waals surface area contributed by atoms with Crippen molar-refractivity contribution in [2.75, 3.05) is 11.1 Å². The molecule has 1 amide bonds. The van der Waals surface area contributed by atoms with Gasteiger partial charge in [-0.1, -0.05) is 48.5 Å². The molecule has 1 aliphatic heterocycles. The van der Waals surface area contributed by atoms with Gasteiger partial charge in [-0.2, -0.15) is 0 Å². The second-order valence-corrected chi connectivity index (χ2v) is 11.2. The van der Waals surface area contributed by atoms with Crippen molar-refractivity contribution in [3.63, 3.8) is 0 Å². The first kappa shape index (κ1) is 29.4. The molecule has 6 rings (SSSR count). The lowest BCUT2D eigenvalue weighted by Gasteiger charge is -2.36. The van der Waals surface area contributed by atoms with Crippen LogP contribution in [0, 0.1) is 0 Å². The van der Waals surface area contributed by atoms with Crippen LogP contribution in [0.3, 0.4) is 0 Å². The van der Waals surface area contributed by atoms with Crippen LogP contribution in [0.4, 0.5) is 5.69 Å². The molecule has 222 valence electrons. The molecule has 0 aliphatic carbocycles. The number of anilines is 1. The first-order chi connectivity index (χ1) is 21.5. The molecule has 11 heteroatoms. The highest BCUT2D eigenvalue weighted by atomic mass is 32.2. The zero-order chi connectivity index (χ0) is 30.5. The number of para-hydroxylation sites is 2. The first-order valence-electron chi connectivity index (χ1n) is 13.9. The minimum absolute atomic E-state index is 0.0525. The van der Waals surface area contributed by atoms with E-state index in [1.165, 1.54) is 24.0 Å². The van der Waals surface area contributed by atoms with Crippen LogP contribution in [0.2, 0.25) is 0 Å². The Balaban J connectivity index is 1.18. The van der Waals surface area contributed by atoms with Crippen molar-refractivity contribution < 1.29 is 29.3 Å². The third kappa shape index (κ3) is 6.76. The summed E-state index contributed by atoms with van der Waals surface area (Å²) in [6.07, 6.45) is 2.26. The Morgan fingerprint density at radius 3 is 2.39 bits per heavy atom. The second kappa shape index (κ2) is 13.3. The summed E-state index contributed by atoms with van der Waals surface area (Å²) in [6.45, 7) is -0.0525. The molecule has 10 nitrogen and oxygen atoms in total. The number of aromatic carboxylic acids is 1. The van der Waals surface area contributed by atoms with Gasteiger partial charge in [-0.25, -0.2) is 14.8 Å². The van der Waals surface area contributed by atoms with E-state index in [-0.39, 0.29) is 36.0 Å². The van der Waals surface area contributed by atoms with E-state index in [4.69, 9.17) is 9.47 Å². The highest BCUT2D eigenvalue weighted by molar-refractivity contribution is 7.99. The van der Waals surface area contributed by atoms with Gasteiger partial charge in [-0.15, -0.1) is 11.8 Å². The predicted molar refractivity (Wildman–Crippen MR) is 164 cm³/mol. The summed E-state index contributed by atoms with van der Waals surface area (Å²) in [5.41, 5.74) is 4.77. The number of aromatic nitrogens is 3. The molecular weight excluding hydrogens is 580 g/mol. The molecule has 1 aliphatic rings. The SMILES string of the molecule is O=C(Nc1ccc(C2OC(CSc3ncccc3C(=O)O)CC(c3ccc(CO)cc3)O2)cc1)c1cnc2ccccc2n1. The molecule has 0 saturated carbocycles. The van der Waals surface area contributed by atoms with E-state index in [9.17, 15) is 19.8 Å². The molecule has 0 bridgehead atoms. The van der Waals surface area contributed by atoms with E-state index < -0.39 is 12.3 Å². The lowest BCUT2D eigenvalue weighted by molar-refractivity contribution is -0.245. The Morgan fingerprint density at radius 2 is 1.64 bits per heavy atom. The lowest BCUT2D eigenvalue weighted by Crippen LogP contribution is -2.31. The third-order valence-electron chi connectivity index (χ3n) is 7.14. The number of nitrogens with one attached hydrogen (secondary N) is 1. The van der Waals surface area contributed by atoms with Crippen LogP contribution >= 0.6 is 11.8 Å². The number of amides is 1. The molecule has 44 heavy (non-hydrogen) atoms. The second-order valence-electron chi connectivity index (χ2n) is 10.1. The highest BCUT2D eigenvalue weighted by Gasteiger charge is 2.32. The minimum atomic E-state index is -1.03. The summed E-state index contributed by atoms with van der Waals surface area (Å²) >= 11 is 1.33. The van der Waals surface area contributed by atoms with Crippen molar-refractivity contribution in [2.45, 2.75) is 36.6 Å². The molecule has 2 aromatic heterocycles. The van der Waals surface area contributed by atoms with Crippen LogP contribution in [-0.4, -0.2) is 48.9 Å². The number of nitrogens with zero attached hydrogens (tertiary/aromatic N) is 3. The van der Waals surface area contributed by atoms with Crippen molar-refractivity contribution in [3.05, 3.63) is 125 Å². The maximum atomic E-state index is 12.9. The topological polar surface area (TPSA) is 144 Å². The van der Waals surface area contributed by atoms with E-state index in [0.29, 0.717) is 33.9 Å². The van der Waals surface area contributed by atoms with Gasteiger partial charge in [-0.3, -0.25) is 9.78 Å². The summed E-state index contributed by atoms with van der Waals surface area (Å²) in [6, 6.07) is 25.2. The Bertz CT molecular complexity index is 1780. The monoisotopic (exact) mass is 608 g/mol. The first-order valence-corrected chi connectivity index (χ1v) is 14.9. The Morgan fingerprint density at radius 1 is 0.886 bits per heavy atom. The van der Waals surface area contributed by atoms with Crippen molar-refractivity contribution in [1.82, 2.24) is 15.0 Å². The van der Waals surface area contributed by atoms with Crippen molar-refractivity contribution in [2.24, 2.45) is 0 Å². The van der Waals surface area contributed by atoms with Gasteiger partial charge in [-0.05, 0) is 47.5 Å². The highest BCUT2D eigenvalue weighted by Crippen LogP contribution is 2.39. The van der Waals surface area contributed by atoms with Crippen LogP contribution in [0.25, 0.3) is 11.0 Å². The van der Waals surface area contributed by atoms with Gasteiger partial charge in [0, 0.05) is 29.6 Å². The number of aliphatic hydroxyl groups excluding tert-OH is 1. The van der Waals surface area contributed by atoms with Crippen LogP contribution in [-0.2, 0) is 16.1 Å². The molecule has 3 aromatic carbocycles. The van der Waals surface area contributed by atoms with E-state index in [0.717, 1.165) is 16.7 Å². The van der Waals surface area contributed by atoms with E-state index in [1.807, 2.05) is 54.6 Å². The Kier molecular flexibility index (Phi) is 8.89. The maximum Gasteiger partial charge on any atom is 0.338 e. The van der Waals surface area contributed by atoms with Crippen LogP contribution < -0.4 is 5.32 Å². The number of aliphatic hydroxyl groups is 1. The molecule has 1 saturated heterocycles. The number of hydrogen-bond donors (Lipinski definition) is 3. The number of thioether (sulfide) groups is 1. The number of carbonyl (C=O) groups is 2. The van der Waals surface area contributed by atoms with Crippen LogP contribution in [0.5, 0.6) is 0 Å². The fourth-order valence-corrected chi connectivity index (χ4v) is 5.85. The van der Waals surface area contributed by atoms with Gasteiger partial charge < -0.3 is 25.0 Å². The molecule has 3 atom stereocenters. The van der Waals surface area contributed by atoms with Crippen LogP contribution in [0.15, 0.2) is 102 Å². The third-order valence-corrected chi connectivity index (χ3v) is 8.28. The molecular formula is C33H28N4O6S. The fourth-order valence-electron chi connectivity index (χ4n) is 4.85. The van der Waals surface area contributed by atoms with E-state index >= 15 is 0 Å². The van der Waals surface area contributed by atoms with Gasteiger partial charge in [0.15, 0.2) is 6.29 Å². The number of benzene rings is 3. The fraction of sp³-hybridized carbons (Fsp3) is 0.182. The van der Waals surface area contributed by atoms with Gasteiger partial charge >= 0.3 is 5.97 Å². The summed E-state index contributed by atoms with van der Waals surface area (Å²) in [5.74, 6) is -0.948. The number of carboxylic acid groups (broad SMARTS) is 1. The zero-order valence-corrected chi connectivity index (χ0v) is 24.2. The largest absolute Gasteiger partial charge is 0.478 e. The molecule has 1 fully saturated rings. The van der Waals surface area contributed by atoms with Gasteiger partial charge in [0.2, 0.25) is 0 Å². The van der Waals surface area contributed by atoms with Crippen molar-refractivity contribution in [3.8, 4) is 0 Å². The van der Waals surface area contributed by atoms with Gasteiger partial charge in [0.25, 0.3) is 5.91 Å². The van der Waals surface area contributed by atoms with E-state index in [1.54, 1.807) is 30.5 Å². The summed E-state index contributed by atoms with van der Waals surface area (Å²) in [5, 5.41) is 22.3. The zero-order valence-electron chi connectivity index (χ0n) is 23.4. The predicted octanol–water partition coefficient (Wildman–Crippen LogP) is 5.81. The smallest absolute Gasteiger partial charge is 0.338 e. The number of rotatable bonds is 9. The van der Waals surface area contributed by atoms with Gasteiger partial charge in [0.1, 0.15) is 10.7 Å². The number of carboxylic acids is 1. The standard InChI is InChI=1S/C33H28N4O6S/c38-18-20-7-9-21(10-8-20)29-16-24(19-44-31-25(32(40)41)4-3-15-34-31)42-33(43-29)22-11-13-23(14-12-22)36-30(39)28-17-35-26-5-1-2-6-27(26)37-28/h1-15,17,24,29,33,38H,16,18-19H2,(H,36,39)(H,40,41). The number of ether oxygens (including phenoxy) is 2. The van der Waals surface area contributed by atoms with E-state index in [2.05, 4.69) is 20.3 Å². The Labute approximate surface area is 257 Å². The number of carbonyl (C=O) groups excluding carboxylic acids is 1. The summed E-state index contributed by atoms with van der Waals surface area (Å²) in [4.78, 5) is 37.5. The summed E-state index contributed by atoms with van der Waals surface area (Å²) in [7, 11) is 0. The van der Waals surface area contributed by atoms with Crippen molar-refractivity contribution >= 4 is 40.4 Å². The van der Waals surface area contributed by atoms with Crippen LogP contribution in [0.1, 0.15) is 56.4 Å². The quantitative estimate of drug-likeness (QED) is 0.176. The average Bonchev–Trinajstić information content (AvgIpc) is 3.07. The molecule has 3 N–H and O–H groups in total. The van der Waals surface area contributed by atoms with Crippen molar-refractivity contribution in [1.29, 1.82) is 0 Å². The minimum Gasteiger partial charge on any atom is -0.478 e. The molecule has 0 radical (unpaired) electrons. The molecule has 0 spiro atoms. The Hall–Kier alpha value is -4.68. The lowest BCUT2D eigenvalue weighted by atomic mass is 10.0. The van der Waals surface area contributed by atoms with Gasteiger partial charge in [0.05, 0.1) is 41.6 Å².